The van der Waals surface area contributed by atoms with Crippen LogP contribution >= 0.6 is 0 Å². The van der Waals surface area contributed by atoms with Crippen molar-refractivity contribution in [1.29, 1.82) is 5.26 Å². The van der Waals surface area contributed by atoms with Gasteiger partial charge in [0.2, 0.25) is 0 Å². The molecule has 1 aliphatic carbocycles. The minimum atomic E-state index is -1.04. The number of esters is 1. The highest BCUT2D eigenvalue weighted by atomic mass is 16.5. The molecule has 1 saturated carbocycles. The third-order valence-electron chi connectivity index (χ3n) is 7.82. The van der Waals surface area contributed by atoms with Crippen LogP contribution in [-0.2, 0) is 14.3 Å². The summed E-state index contributed by atoms with van der Waals surface area (Å²) in [5.74, 6) is -2.69. The van der Waals surface area contributed by atoms with Crippen LogP contribution in [0.3, 0.4) is 0 Å². The molecule has 1 heterocycles. The molecule has 36 heavy (non-hydrogen) atoms. The first-order valence-electron chi connectivity index (χ1n) is 13.2. The Labute approximate surface area is 214 Å². The highest BCUT2D eigenvalue weighted by Crippen LogP contribution is 2.37. The maximum Gasteiger partial charge on any atom is 0.308 e. The van der Waals surface area contributed by atoms with Crippen LogP contribution in [0.25, 0.3) is 0 Å². The van der Waals surface area contributed by atoms with Crippen molar-refractivity contribution < 1.29 is 34.8 Å². The molecule has 0 amide bonds. The smallest absolute Gasteiger partial charge is 0.308 e. The monoisotopic (exact) mass is 505 g/mol. The molecule has 1 aliphatic heterocycles. The molecule has 0 aromatic carbocycles. The van der Waals surface area contributed by atoms with Gasteiger partial charge in [-0.25, -0.2) is 0 Å². The van der Waals surface area contributed by atoms with Crippen molar-refractivity contribution in [3.05, 3.63) is 23.8 Å². The number of aliphatic carboxylic acids is 1. The molecule has 2 rings (SSSR count). The summed E-state index contributed by atoms with van der Waals surface area (Å²) in [6, 6.07) is 2.08. The van der Waals surface area contributed by atoms with E-state index >= 15 is 0 Å². The van der Waals surface area contributed by atoms with Gasteiger partial charge in [-0.15, -0.1) is 0 Å². The predicted molar refractivity (Wildman–Crippen MR) is 134 cm³/mol. The van der Waals surface area contributed by atoms with E-state index in [1.165, 1.54) is 0 Å². The number of hydrogen-bond acceptors (Lipinski definition) is 7. The molecule has 0 aromatic heterocycles. The van der Waals surface area contributed by atoms with Gasteiger partial charge in [0.1, 0.15) is 6.10 Å². The molecule has 0 saturated heterocycles. The fourth-order valence-electron chi connectivity index (χ4n) is 5.96. The van der Waals surface area contributed by atoms with Crippen LogP contribution in [-0.4, -0.2) is 56.8 Å². The van der Waals surface area contributed by atoms with E-state index in [4.69, 9.17) is 4.74 Å². The zero-order chi connectivity index (χ0) is 27.0. The highest BCUT2D eigenvalue weighted by Gasteiger charge is 2.43. The van der Waals surface area contributed by atoms with Crippen LogP contribution in [0.2, 0.25) is 0 Å². The zero-order valence-corrected chi connectivity index (χ0v) is 21.9. The number of ether oxygens (including phenoxy) is 1. The van der Waals surface area contributed by atoms with Crippen LogP contribution in [0.4, 0.5) is 0 Å². The molecule has 2 aliphatic rings. The van der Waals surface area contributed by atoms with Gasteiger partial charge in [-0.2, -0.15) is 5.26 Å². The van der Waals surface area contributed by atoms with Gasteiger partial charge in [0.05, 0.1) is 42.3 Å². The second kappa shape index (κ2) is 13.9. The summed E-state index contributed by atoms with van der Waals surface area (Å²) in [4.78, 5) is 24.6. The van der Waals surface area contributed by atoms with E-state index < -0.39 is 48.2 Å². The van der Waals surface area contributed by atoms with Crippen molar-refractivity contribution >= 4 is 11.9 Å². The Bertz CT molecular complexity index is 847. The molecule has 8 nitrogen and oxygen atoms in total. The number of carboxylic acids is 1. The lowest BCUT2D eigenvalue weighted by atomic mass is 9.82. The van der Waals surface area contributed by atoms with E-state index in [-0.39, 0.29) is 43.1 Å². The largest absolute Gasteiger partial charge is 0.481 e. The van der Waals surface area contributed by atoms with E-state index in [1.54, 1.807) is 18.2 Å². The first kappa shape index (κ1) is 30.0. The van der Waals surface area contributed by atoms with Gasteiger partial charge < -0.3 is 25.2 Å². The van der Waals surface area contributed by atoms with E-state index in [0.29, 0.717) is 11.8 Å². The van der Waals surface area contributed by atoms with Gasteiger partial charge in [-0.05, 0) is 61.9 Å². The van der Waals surface area contributed by atoms with Gasteiger partial charge in [0, 0.05) is 12.3 Å². The maximum absolute atomic E-state index is 12.8. The number of aliphatic hydroxyl groups excluding tert-OH is 3. The zero-order valence-electron chi connectivity index (χ0n) is 21.9. The average Bonchev–Trinajstić information content (AvgIpc) is 3.18. The summed E-state index contributed by atoms with van der Waals surface area (Å²) in [6.07, 6.45) is 4.14. The van der Waals surface area contributed by atoms with Gasteiger partial charge in [0.25, 0.3) is 0 Å². The standard InChI is InChI=1S/C28H43NO7/c1-16-9-17(2)11-19(4)27(33)20(15-29)7-5-6-8-25(22-12-21(30)13-23(22)28(34)35)36-26(32)14-24(31)18(3)10-16/h5-7,16-19,21-25,27,30-31,33H,8-14H2,1-4H3,(H,34,35)/t16-,17+,18-,19-,21+,22+,23+,24-,25-,27+/m0/s1. The van der Waals surface area contributed by atoms with Crippen molar-refractivity contribution in [2.45, 2.75) is 97.1 Å². The van der Waals surface area contributed by atoms with Crippen LogP contribution in [0, 0.1) is 46.8 Å². The van der Waals surface area contributed by atoms with Gasteiger partial charge in [0.15, 0.2) is 0 Å². The second-order valence-corrected chi connectivity index (χ2v) is 11.2. The Hall–Kier alpha value is -2.21. The lowest BCUT2D eigenvalue weighted by molar-refractivity contribution is -0.159. The second-order valence-electron chi connectivity index (χ2n) is 11.2. The van der Waals surface area contributed by atoms with E-state index in [9.17, 15) is 35.3 Å². The quantitative estimate of drug-likeness (QED) is 0.416. The number of rotatable bonds is 2. The van der Waals surface area contributed by atoms with Gasteiger partial charge in [-0.1, -0.05) is 39.8 Å². The predicted octanol–water partition coefficient (Wildman–Crippen LogP) is 3.61. The highest BCUT2D eigenvalue weighted by molar-refractivity contribution is 5.72. The number of nitriles is 1. The molecule has 0 bridgehead atoms. The number of carbonyl (C=O) groups excluding carboxylic acids is 1. The molecule has 0 spiro atoms. The number of carboxylic acid groups (broad SMARTS) is 1. The normalized spacial score (nSPS) is 39.8. The average molecular weight is 506 g/mol. The van der Waals surface area contributed by atoms with Crippen LogP contribution in [0.15, 0.2) is 23.8 Å². The molecule has 0 radical (unpaired) electrons. The van der Waals surface area contributed by atoms with Crippen LogP contribution in [0.1, 0.15) is 72.6 Å². The first-order valence-corrected chi connectivity index (χ1v) is 13.2. The number of aliphatic hydroxyl groups is 3. The number of nitrogens with zero attached hydrogens (tertiary/aromatic N) is 1. The van der Waals surface area contributed by atoms with Crippen LogP contribution < -0.4 is 0 Å². The lowest BCUT2D eigenvalue weighted by Crippen LogP contribution is -2.34. The molecule has 202 valence electrons. The Kier molecular flexibility index (Phi) is 11.6. The van der Waals surface area contributed by atoms with Gasteiger partial charge in [-0.3, -0.25) is 9.59 Å². The van der Waals surface area contributed by atoms with Crippen molar-refractivity contribution in [1.82, 2.24) is 0 Å². The fourth-order valence-corrected chi connectivity index (χ4v) is 5.96. The summed E-state index contributed by atoms with van der Waals surface area (Å²) < 4.78 is 5.70. The summed E-state index contributed by atoms with van der Waals surface area (Å²) >= 11 is 0. The Morgan fingerprint density at radius 2 is 1.64 bits per heavy atom. The fraction of sp³-hybridized carbons (Fsp3) is 0.750. The Balaban J connectivity index is 2.33. The Morgan fingerprint density at radius 1 is 1.00 bits per heavy atom. The third kappa shape index (κ3) is 8.72. The topological polar surface area (TPSA) is 148 Å². The van der Waals surface area contributed by atoms with E-state index in [2.05, 4.69) is 19.9 Å². The molecule has 4 N–H and O–H groups in total. The van der Waals surface area contributed by atoms with Gasteiger partial charge >= 0.3 is 11.9 Å². The minimum Gasteiger partial charge on any atom is -0.481 e. The van der Waals surface area contributed by atoms with Crippen molar-refractivity contribution in [3.63, 3.8) is 0 Å². The molecular weight excluding hydrogens is 462 g/mol. The molecule has 0 unspecified atom stereocenters. The number of carbonyl (C=O) groups is 2. The lowest BCUT2D eigenvalue weighted by Gasteiger charge is -2.28. The Morgan fingerprint density at radius 3 is 2.25 bits per heavy atom. The summed E-state index contributed by atoms with van der Waals surface area (Å²) in [7, 11) is 0. The summed E-state index contributed by atoms with van der Waals surface area (Å²) in [5.41, 5.74) is 0.241. The SMILES string of the molecule is C[C@@H]1C[C@H](C)C[C@H](C)[C@@H](O)CC(=O)O[C@H]([C@@H]2C[C@@H](O)C[C@H]2C(=O)O)CC=CC=C(C#N)[C@H](O)[C@@H](C)C1. The summed E-state index contributed by atoms with van der Waals surface area (Å²) in [6.45, 7) is 8.06. The van der Waals surface area contributed by atoms with E-state index in [1.807, 2.05) is 13.8 Å². The summed E-state index contributed by atoms with van der Waals surface area (Å²) in [5, 5.41) is 50.8. The molecular formula is C28H43NO7. The van der Waals surface area contributed by atoms with Crippen molar-refractivity contribution in [2.75, 3.05) is 0 Å². The van der Waals surface area contributed by atoms with Crippen LogP contribution in [0.5, 0.6) is 0 Å². The van der Waals surface area contributed by atoms with E-state index in [0.717, 1.165) is 19.3 Å². The number of hydrogen-bond donors (Lipinski definition) is 4. The molecule has 8 heteroatoms. The number of allylic oxidation sites excluding steroid dienone is 2. The first-order chi connectivity index (χ1) is 16.9. The van der Waals surface area contributed by atoms with Crippen molar-refractivity contribution in [3.8, 4) is 6.07 Å². The third-order valence-corrected chi connectivity index (χ3v) is 7.82. The minimum absolute atomic E-state index is 0.0936. The maximum atomic E-state index is 12.8. The van der Waals surface area contributed by atoms with Crippen molar-refractivity contribution in [2.24, 2.45) is 35.5 Å². The molecule has 1 fully saturated rings. The molecule has 0 aromatic rings. The molecule has 10 atom stereocenters. The number of cyclic esters (lactones) is 1.